The van der Waals surface area contributed by atoms with E-state index in [1.165, 1.54) is 6.54 Å². The van der Waals surface area contributed by atoms with Crippen LogP contribution in [0.1, 0.15) is 43.6 Å². The van der Waals surface area contributed by atoms with Crippen molar-refractivity contribution in [3.05, 3.63) is 0 Å². The van der Waals surface area contributed by atoms with Gasteiger partial charge in [0.2, 0.25) is 0 Å². The molecule has 0 amide bonds. The Labute approximate surface area is 94.9 Å². The predicted octanol–water partition coefficient (Wildman–Crippen LogP) is 3.91. The van der Waals surface area contributed by atoms with Gasteiger partial charge >= 0.3 is 0 Å². The average Bonchev–Trinajstić information content (AvgIpc) is 1.63. The van der Waals surface area contributed by atoms with Crippen LogP contribution in [0.15, 0.2) is 0 Å². The van der Waals surface area contributed by atoms with Crippen LogP contribution < -0.4 is 0 Å². The number of nitrogens with zero attached hydrogens (tertiary/aromatic N) is 1. The lowest BCUT2D eigenvalue weighted by atomic mass is 10.4. The van der Waals surface area contributed by atoms with Gasteiger partial charge in [-0.15, -0.1) is 0 Å². The zero-order chi connectivity index (χ0) is 7.33. The van der Waals surface area contributed by atoms with E-state index >= 15 is 0 Å². The lowest BCUT2D eigenvalue weighted by Crippen LogP contribution is -2.35. The van der Waals surface area contributed by atoms with Crippen LogP contribution in [-0.2, 0) is 4.74 Å². The molecule has 0 rings (SSSR count). The van der Waals surface area contributed by atoms with Crippen LogP contribution in [0.5, 0.6) is 0 Å². The number of ether oxygens (including phenoxy) is 1. The van der Waals surface area contributed by atoms with Gasteiger partial charge in [0, 0.05) is 13.5 Å². The van der Waals surface area contributed by atoms with Crippen LogP contribution in [0.4, 0.5) is 0 Å². The molecule has 96 valence electrons. The topological polar surface area (TPSA) is 9.23 Å². The summed E-state index contributed by atoms with van der Waals surface area (Å²) in [5.41, 5.74) is 0. The monoisotopic (exact) mass is 212 g/mol. The van der Waals surface area contributed by atoms with E-state index in [-0.39, 0.29) is 37.1 Å². The second kappa shape index (κ2) is 18.7. The van der Waals surface area contributed by atoms with E-state index in [4.69, 9.17) is 4.74 Å². The van der Waals surface area contributed by atoms with Gasteiger partial charge in [-0.3, -0.25) is 0 Å². The molecule has 0 aliphatic carbocycles. The summed E-state index contributed by atoms with van der Waals surface area (Å²) in [5.74, 6) is 0. The number of rotatable bonds is 4. The highest BCUT2D eigenvalue weighted by molar-refractivity contribution is 4.30. The van der Waals surface area contributed by atoms with Crippen molar-refractivity contribution in [2.75, 3.05) is 41.4 Å². The molecular weight excluding hydrogens is 174 g/mol. The molecule has 0 spiro atoms. The Bertz CT molecular complexity index is 67.2. The molecule has 14 heavy (non-hydrogen) atoms. The molecule has 2 heteroatoms. The highest BCUT2D eigenvalue weighted by Gasteiger charge is 2.04. The molecule has 0 bridgehead atoms. The normalized spacial score (nSPS) is 7.71. The summed E-state index contributed by atoms with van der Waals surface area (Å²) in [6.45, 7) is 2.07. The van der Waals surface area contributed by atoms with E-state index in [9.17, 15) is 0 Å². The molecule has 0 heterocycles. The second-order valence-corrected chi connectivity index (χ2v) is 3.36. The van der Waals surface area contributed by atoms with Crippen LogP contribution in [-0.4, -0.2) is 45.9 Å². The fourth-order valence-corrected chi connectivity index (χ4v) is 0.683. The zero-order valence-corrected chi connectivity index (χ0v) is 6.98. The van der Waals surface area contributed by atoms with Crippen LogP contribution in [0.2, 0.25) is 0 Å². The first-order valence-electron chi connectivity index (χ1n) is 3.35. The molecule has 0 aliphatic rings. The number of hydrogen-bond acceptors (Lipinski definition) is 1. The first-order valence-corrected chi connectivity index (χ1v) is 3.35. The third-order valence-corrected chi connectivity index (χ3v) is 1.18. The Kier molecular flexibility index (Phi) is 49.4. The van der Waals surface area contributed by atoms with Crippen molar-refractivity contribution in [3.63, 3.8) is 0 Å². The second-order valence-electron chi connectivity index (χ2n) is 3.36. The molecule has 0 saturated heterocycles. The summed E-state index contributed by atoms with van der Waals surface area (Å²) in [6.07, 6.45) is 1.15. The maximum absolute atomic E-state index is 4.93. The third-order valence-electron chi connectivity index (χ3n) is 1.18. The van der Waals surface area contributed by atoms with Crippen molar-refractivity contribution >= 4 is 0 Å². The third kappa shape index (κ3) is 40.6. The summed E-state index contributed by atoms with van der Waals surface area (Å²) >= 11 is 0. The van der Waals surface area contributed by atoms with Crippen LogP contribution in [0.3, 0.4) is 0 Å². The van der Waals surface area contributed by atoms with Crippen molar-refractivity contribution in [2.24, 2.45) is 0 Å². The summed E-state index contributed by atoms with van der Waals surface area (Å²) < 4.78 is 5.96. The summed E-state index contributed by atoms with van der Waals surface area (Å²) in [4.78, 5) is 0. The van der Waals surface area contributed by atoms with Gasteiger partial charge in [-0.1, -0.05) is 37.1 Å². The molecule has 0 aliphatic heterocycles. The average molecular weight is 212 g/mol. The Morgan fingerprint density at radius 1 is 0.857 bits per heavy atom. The van der Waals surface area contributed by atoms with Gasteiger partial charge in [0.05, 0.1) is 34.3 Å². The van der Waals surface area contributed by atoms with Crippen LogP contribution in [0.25, 0.3) is 0 Å². The first-order chi connectivity index (χ1) is 4.06. The molecule has 0 atom stereocenters. The quantitative estimate of drug-likeness (QED) is 0.507. The lowest BCUT2D eigenvalue weighted by molar-refractivity contribution is -0.870. The van der Waals surface area contributed by atoms with Gasteiger partial charge in [-0.05, 0) is 0 Å². The highest BCUT2D eigenvalue weighted by Crippen LogP contribution is 1.92. The minimum atomic E-state index is 0. The van der Waals surface area contributed by atoms with Gasteiger partial charge < -0.3 is 9.22 Å². The van der Waals surface area contributed by atoms with Gasteiger partial charge in [0.25, 0.3) is 0 Å². The maximum atomic E-state index is 4.93. The van der Waals surface area contributed by atoms with Gasteiger partial charge in [-0.2, -0.15) is 0 Å². The Balaban J connectivity index is -0.0000000320. The molecule has 0 aromatic rings. The zero-order valence-electron chi connectivity index (χ0n) is 6.98. The van der Waals surface area contributed by atoms with Crippen molar-refractivity contribution < 1.29 is 9.22 Å². The van der Waals surface area contributed by atoms with Gasteiger partial charge in [-0.25, -0.2) is 0 Å². The maximum Gasteiger partial charge on any atom is 0.0802 e. The smallest absolute Gasteiger partial charge is 0.0802 e. The molecule has 0 aromatic heterocycles. The SMILES string of the molecule is C.C.C.C.C.COCCC[N+](C)(C)C. The molecule has 0 saturated carbocycles. The summed E-state index contributed by atoms with van der Waals surface area (Å²) in [5, 5.41) is 0. The van der Waals surface area contributed by atoms with Gasteiger partial charge in [0.1, 0.15) is 0 Å². The highest BCUT2D eigenvalue weighted by atomic mass is 16.5. The lowest BCUT2D eigenvalue weighted by Gasteiger charge is -2.23. The first kappa shape index (κ1) is 37.0. The van der Waals surface area contributed by atoms with Crippen molar-refractivity contribution in [1.29, 1.82) is 0 Å². The van der Waals surface area contributed by atoms with E-state index < -0.39 is 0 Å². The molecule has 0 aromatic carbocycles. The standard InChI is InChI=1S/C7H18NO.5CH4/c1-8(2,3)6-5-7-9-4;;;;;/h5-7H2,1-4H3;5*1H4/q+1;;;;;. The number of quaternary nitrogens is 1. The summed E-state index contributed by atoms with van der Waals surface area (Å²) in [6, 6.07) is 0. The van der Waals surface area contributed by atoms with E-state index in [1.54, 1.807) is 7.11 Å². The van der Waals surface area contributed by atoms with Crippen molar-refractivity contribution in [3.8, 4) is 0 Å². The van der Waals surface area contributed by atoms with Crippen molar-refractivity contribution in [1.82, 2.24) is 0 Å². The molecule has 0 fully saturated rings. The Morgan fingerprint density at radius 2 is 1.21 bits per heavy atom. The Morgan fingerprint density at radius 3 is 1.43 bits per heavy atom. The fraction of sp³-hybridized carbons (Fsp3) is 1.00. The fourth-order valence-electron chi connectivity index (χ4n) is 0.683. The van der Waals surface area contributed by atoms with Crippen LogP contribution >= 0.6 is 0 Å². The van der Waals surface area contributed by atoms with E-state index in [0.717, 1.165) is 17.5 Å². The minimum absolute atomic E-state index is 0. The molecule has 0 radical (unpaired) electrons. The largest absolute Gasteiger partial charge is 0.384 e. The molecule has 0 N–H and O–H groups in total. The van der Waals surface area contributed by atoms with E-state index in [0.29, 0.717) is 0 Å². The van der Waals surface area contributed by atoms with Crippen molar-refractivity contribution in [2.45, 2.75) is 43.6 Å². The van der Waals surface area contributed by atoms with E-state index in [1.807, 2.05) is 0 Å². The number of methoxy groups -OCH3 is 1. The Hall–Kier alpha value is -0.0800. The molecular formula is C12H38NO+. The molecule has 0 unspecified atom stereocenters. The number of hydrogen-bond donors (Lipinski definition) is 0. The predicted molar refractivity (Wildman–Crippen MR) is 73.0 cm³/mol. The van der Waals surface area contributed by atoms with Crippen LogP contribution in [0, 0.1) is 0 Å². The molecule has 2 nitrogen and oxygen atoms in total. The van der Waals surface area contributed by atoms with E-state index in [2.05, 4.69) is 21.1 Å². The van der Waals surface area contributed by atoms with Gasteiger partial charge in [0.15, 0.2) is 0 Å². The summed E-state index contributed by atoms with van der Waals surface area (Å²) in [7, 11) is 8.32. The minimum Gasteiger partial charge on any atom is -0.384 e.